The van der Waals surface area contributed by atoms with Gasteiger partial charge in [0.05, 0.1) is 17.1 Å². The Bertz CT molecular complexity index is 330. The predicted molar refractivity (Wildman–Crippen MR) is 103 cm³/mol. The molecule has 23 heavy (non-hydrogen) atoms. The van der Waals surface area contributed by atoms with Gasteiger partial charge in [0.1, 0.15) is 0 Å². The highest BCUT2D eigenvalue weighted by Gasteiger charge is 2.16. The van der Waals surface area contributed by atoms with E-state index in [1.807, 2.05) is 34.6 Å². The Hall–Kier alpha value is -1.37. The minimum atomic E-state index is 0.156. The van der Waals surface area contributed by atoms with Gasteiger partial charge in [-0.25, -0.2) is 0 Å². The van der Waals surface area contributed by atoms with Crippen molar-refractivity contribution in [3.8, 4) is 0 Å². The maximum Gasteiger partial charge on any atom is 0.0587 e. The Kier molecular flexibility index (Phi) is 19.6. The fraction of sp³-hybridized carbons (Fsp3) is 0.812. The second-order valence-electron chi connectivity index (χ2n) is 5.90. The average Bonchev–Trinajstić information content (AvgIpc) is 2.52. The normalized spacial score (nSPS) is 10.7. The molecule has 0 radical (unpaired) electrons. The molecule has 0 saturated carbocycles. The Morgan fingerprint density at radius 3 is 1.00 bits per heavy atom. The van der Waals surface area contributed by atoms with E-state index < -0.39 is 0 Å². The second kappa shape index (κ2) is 17.0. The molecule has 6 nitrogen and oxygen atoms in total. The van der Waals surface area contributed by atoms with Crippen molar-refractivity contribution in [2.45, 2.75) is 85.6 Å². The molecule has 0 fully saturated rings. The van der Waals surface area contributed by atoms with Gasteiger partial charge < -0.3 is 15.6 Å². The van der Waals surface area contributed by atoms with Gasteiger partial charge in [-0.2, -0.15) is 0 Å². The van der Waals surface area contributed by atoms with Crippen molar-refractivity contribution < 1.29 is 15.6 Å². The summed E-state index contributed by atoms with van der Waals surface area (Å²) in [6, 6.07) is 0. The summed E-state index contributed by atoms with van der Waals surface area (Å²) in [4.78, 5) is 0. The molecule has 0 atom stereocenters. The van der Waals surface area contributed by atoms with E-state index in [2.05, 4.69) is 29.3 Å². The van der Waals surface area contributed by atoms with E-state index in [0.29, 0.717) is 0 Å². The van der Waals surface area contributed by atoms with E-state index in [1.54, 1.807) is 0 Å². The highest BCUT2D eigenvalue weighted by Crippen LogP contribution is 2.22. The number of rotatable bonds is 6. The van der Waals surface area contributed by atoms with Crippen LogP contribution < -0.4 is 0 Å². The van der Waals surface area contributed by atoms with Gasteiger partial charge in [0.2, 0.25) is 0 Å². The van der Waals surface area contributed by atoms with E-state index in [9.17, 15) is 0 Å². The van der Waals surface area contributed by atoms with Crippen LogP contribution in [0.3, 0.4) is 0 Å². The average molecular weight is 348 g/mol. The molecule has 0 aliphatic heterocycles. The number of hydrogen-bond acceptors (Lipinski definition) is 6. The molecule has 0 heterocycles. The number of oxime groups is 3. The monoisotopic (exact) mass is 347 g/mol. The molecular formula is C16H37N3O3Si. The van der Waals surface area contributed by atoms with Crippen LogP contribution in [0.5, 0.6) is 0 Å². The smallest absolute Gasteiger partial charge is 0.0587 e. The molecule has 0 aromatic heterocycles. The van der Waals surface area contributed by atoms with E-state index >= 15 is 0 Å². The fourth-order valence-electron chi connectivity index (χ4n) is 1.53. The van der Waals surface area contributed by atoms with Gasteiger partial charge in [-0.05, 0) is 37.1 Å². The van der Waals surface area contributed by atoms with Gasteiger partial charge >= 0.3 is 0 Å². The first-order valence-corrected chi connectivity index (χ1v) is 9.32. The lowest BCUT2D eigenvalue weighted by atomic mass is 10.1. The molecule has 0 aromatic carbocycles. The van der Waals surface area contributed by atoms with Crippen LogP contribution in [0, 0.1) is 0 Å². The molecule has 0 aromatic rings. The number of hydrogen-bond donors (Lipinski definition) is 3. The Morgan fingerprint density at radius 2 is 1.00 bits per heavy atom. The summed E-state index contributed by atoms with van der Waals surface area (Å²) in [5.41, 5.74) is 2.63. The zero-order valence-electron chi connectivity index (χ0n) is 16.2. The standard InChI is InChI=1S/C6H15NOSi.2C5H11NO/c1-4-5(7-8)6(2,3)9;2*1-3-5(4-2)6-7/h8H,4H2,1-3,9H3;2*7H,3-4H2,1-2H3. The first-order valence-electron chi connectivity index (χ1n) is 8.32. The summed E-state index contributed by atoms with van der Waals surface area (Å²) >= 11 is 0. The molecule has 0 spiro atoms. The van der Waals surface area contributed by atoms with Gasteiger partial charge in [0.15, 0.2) is 0 Å². The van der Waals surface area contributed by atoms with Crippen molar-refractivity contribution in [1.82, 2.24) is 0 Å². The highest BCUT2D eigenvalue weighted by atomic mass is 28.1. The maximum atomic E-state index is 8.47. The molecule has 0 bridgehead atoms. The van der Waals surface area contributed by atoms with Crippen LogP contribution >= 0.6 is 0 Å². The second-order valence-corrected chi connectivity index (χ2v) is 8.40. The first kappa shape index (κ1) is 26.5. The minimum Gasteiger partial charge on any atom is -0.411 e. The van der Waals surface area contributed by atoms with Crippen molar-refractivity contribution in [3.63, 3.8) is 0 Å². The zero-order chi connectivity index (χ0) is 18.9. The largest absolute Gasteiger partial charge is 0.411 e. The minimum absolute atomic E-state index is 0.156. The van der Waals surface area contributed by atoms with Gasteiger partial charge in [-0.3, -0.25) is 0 Å². The molecule has 0 aliphatic rings. The van der Waals surface area contributed by atoms with Crippen molar-refractivity contribution in [2.75, 3.05) is 0 Å². The van der Waals surface area contributed by atoms with Gasteiger partial charge in [-0.15, -0.1) is 0 Å². The van der Waals surface area contributed by atoms with Crippen LogP contribution in [0.15, 0.2) is 15.5 Å². The highest BCUT2D eigenvalue weighted by molar-refractivity contribution is 6.28. The first-order chi connectivity index (χ1) is 10.7. The van der Waals surface area contributed by atoms with Crippen LogP contribution in [0.25, 0.3) is 0 Å². The molecule has 0 rings (SSSR count). The fourth-order valence-corrected chi connectivity index (χ4v) is 1.99. The lowest BCUT2D eigenvalue weighted by molar-refractivity contribution is 0.315. The summed E-state index contributed by atoms with van der Waals surface area (Å²) in [5.74, 6) is 0. The van der Waals surface area contributed by atoms with Crippen molar-refractivity contribution >= 4 is 27.4 Å². The lowest BCUT2D eigenvalue weighted by Crippen LogP contribution is -2.16. The van der Waals surface area contributed by atoms with Crippen molar-refractivity contribution in [1.29, 1.82) is 0 Å². The Morgan fingerprint density at radius 1 is 0.696 bits per heavy atom. The molecule has 3 N–H and O–H groups in total. The molecule has 138 valence electrons. The Balaban J connectivity index is -0.000000264. The molecule has 0 amide bonds. The molecule has 7 heteroatoms. The summed E-state index contributed by atoms with van der Waals surface area (Å²) in [5, 5.41) is 34.2. The number of nitrogens with zero attached hydrogens (tertiary/aromatic N) is 3. The maximum absolute atomic E-state index is 8.47. The SMILES string of the molecule is CCC(=NO)C(C)(C)[SiH3].CCC(CC)=NO.CCC(CC)=NO. The molecule has 0 unspecified atom stereocenters. The lowest BCUT2D eigenvalue weighted by Gasteiger charge is -2.17. The van der Waals surface area contributed by atoms with Crippen LogP contribution in [0.4, 0.5) is 0 Å². The van der Waals surface area contributed by atoms with Crippen molar-refractivity contribution in [2.24, 2.45) is 15.5 Å². The quantitative estimate of drug-likeness (QED) is 0.292. The zero-order valence-corrected chi connectivity index (χ0v) is 18.2. The third-order valence-electron chi connectivity index (χ3n) is 3.24. The third-order valence-corrected chi connectivity index (χ3v) is 3.81. The van der Waals surface area contributed by atoms with Crippen LogP contribution in [0.2, 0.25) is 5.04 Å². The Labute approximate surface area is 144 Å². The van der Waals surface area contributed by atoms with E-state index in [1.165, 1.54) is 0 Å². The van der Waals surface area contributed by atoms with Gasteiger partial charge in [0, 0.05) is 10.2 Å². The topological polar surface area (TPSA) is 97.8 Å². The molecular weight excluding hydrogens is 310 g/mol. The summed E-state index contributed by atoms with van der Waals surface area (Å²) in [7, 11) is 1.04. The summed E-state index contributed by atoms with van der Waals surface area (Å²) < 4.78 is 0. The molecule has 0 saturated heterocycles. The van der Waals surface area contributed by atoms with Crippen LogP contribution in [0.1, 0.15) is 80.6 Å². The summed E-state index contributed by atoms with van der Waals surface area (Å²) in [6.45, 7) is 14.1. The van der Waals surface area contributed by atoms with Gasteiger partial charge in [-0.1, -0.05) is 63.9 Å². The van der Waals surface area contributed by atoms with Crippen molar-refractivity contribution in [3.05, 3.63) is 0 Å². The summed E-state index contributed by atoms with van der Waals surface area (Å²) in [6.07, 6.45) is 4.27. The van der Waals surface area contributed by atoms with E-state index in [4.69, 9.17) is 15.6 Å². The predicted octanol–water partition coefficient (Wildman–Crippen LogP) is 4.06. The van der Waals surface area contributed by atoms with Crippen LogP contribution in [-0.2, 0) is 0 Å². The van der Waals surface area contributed by atoms with Gasteiger partial charge in [0.25, 0.3) is 0 Å². The third kappa shape index (κ3) is 16.8. The molecule has 0 aliphatic carbocycles. The van der Waals surface area contributed by atoms with E-state index in [0.717, 1.165) is 59.5 Å². The van der Waals surface area contributed by atoms with E-state index in [-0.39, 0.29) is 5.04 Å². The van der Waals surface area contributed by atoms with Crippen LogP contribution in [-0.4, -0.2) is 43.0 Å².